The standard InChI is InChI=1S/C12H18N/c1-2-3-4-8-11-13-12-9-6-5-7-10-12/h2,5-7,9-10,13H,3-4,8,11H2,1H3. The second kappa shape index (κ2) is 6.53. The fraction of sp³-hybridized carbons (Fsp3) is 0.417. The van der Waals surface area contributed by atoms with Gasteiger partial charge in [-0.15, -0.1) is 0 Å². The first-order chi connectivity index (χ1) is 6.43. The maximum atomic E-state index is 3.39. The van der Waals surface area contributed by atoms with E-state index in [-0.39, 0.29) is 0 Å². The van der Waals surface area contributed by atoms with Crippen molar-refractivity contribution in [3.05, 3.63) is 36.8 Å². The monoisotopic (exact) mass is 176 g/mol. The lowest BCUT2D eigenvalue weighted by atomic mass is 10.2. The van der Waals surface area contributed by atoms with Crippen molar-refractivity contribution < 1.29 is 0 Å². The molecule has 1 aromatic carbocycles. The molecule has 0 aliphatic carbocycles. The third-order valence-electron chi connectivity index (χ3n) is 2.02. The van der Waals surface area contributed by atoms with Crippen molar-refractivity contribution in [2.24, 2.45) is 0 Å². The van der Waals surface area contributed by atoms with E-state index in [4.69, 9.17) is 0 Å². The SMILES string of the molecule is C[CH]CCCCNc1ccccc1. The van der Waals surface area contributed by atoms with Gasteiger partial charge >= 0.3 is 0 Å². The Hall–Kier alpha value is -0.980. The Kier molecular flexibility index (Phi) is 5.07. The van der Waals surface area contributed by atoms with Crippen molar-refractivity contribution in [2.45, 2.75) is 26.2 Å². The minimum atomic E-state index is 1.08. The third-order valence-corrected chi connectivity index (χ3v) is 2.02. The van der Waals surface area contributed by atoms with Crippen molar-refractivity contribution in [3.63, 3.8) is 0 Å². The molecule has 1 N–H and O–H groups in total. The van der Waals surface area contributed by atoms with E-state index in [9.17, 15) is 0 Å². The summed E-state index contributed by atoms with van der Waals surface area (Å²) in [6.07, 6.45) is 5.99. The highest BCUT2D eigenvalue weighted by molar-refractivity contribution is 5.42. The van der Waals surface area contributed by atoms with Crippen LogP contribution in [0.25, 0.3) is 0 Å². The van der Waals surface area contributed by atoms with Crippen LogP contribution in [0.1, 0.15) is 26.2 Å². The molecular formula is C12H18N. The highest BCUT2D eigenvalue weighted by Gasteiger charge is 1.89. The first-order valence-electron chi connectivity index (χ1n) is 5.00. The van der Waals surface area contributed by atoms with Gasteiger partial charge in [0.1, 0.15) is 0 Å². The Balaban J connectivity index is 2.07. The van der Waals surface area contributed by atoms with Gasteiger partial charge in [-0.25, -0.2) is 0 Å². The molecule has 0 aliphatic rings. The predicted molar refractivity (Wildman–Crippen MR) is 58.8 cm³/mol. The van der Waals surface area contributed by atoms with Crippen molar-refractivity contribution in [2.75, 3.05) is 11.9 Å². The Labute approximate surface area is 81.2 Å². The van der Waals surface area contributed by atoms with Crippen LogP contribution in [0.15, 0.2) is 30.3 Å². The summed E-state index contributed by atoms with van der Waals surface area (Å²) in [5.41, 5.74) is 1.22. The summed E-state index contributed by atoms with van der Waals surface area (Å²) in [4.78, 5) is 0. The molecule has 0 heterocycles. The normalized spacial score (nSPS) is 9.92. The average Bonchev–Trinajstić information content (AvgIpc) is 2.19. The Morgan fingerprint density at radius 3 is 2.62 bits per heavy atom. The summed E-state index contributed by atoms with van der Waals surface area (Å²) < 4.78 is 0. The van der Waals surface area contributed by atoms with Gasteiger partial charge in [0.25, 0.3) is 0 Å². The molecule has 0 saturated carbocycles. The summed E-state index contributed by atoms with van der Waals surface area (Å²) >= 11 is 0. The maximum Gasteiger partial charge on any atom is 0.0340 e. The van der Waals surface area contributed by atoms with Crippen molar-refractivity contribution in [1.29, 1.82) is 0 Å². The summed E-state index contributed by atoms with van der Waals surface area (Å²) in [6.45, 7) is 3.20. The lowest BCUT2D eigenvalue weighted by molar-refractivity contribution is 0.754. The fourth-order valence-corrected chi connectivity index (χ4v) is 1.26. The number of hydrogen-bond acceptors (Lipinski definition) is 1. The molecule has 0 spiro atoms. The van der Waals surface area contributed by atoms with Crippen LogP contribution in [0.2, 0.25) is 0 Å². The molecule has 1 rings (SSSR count). The van der Waals surface area contributed by atoms with Gasteiger partial charge in [0, 0.05) is 12.2 Å². The van der Waals surface area contributed by atoms with Crippen LogP contribution in [-0.4, -0.2) is 6.54 Å². The van der Waals surface area contributed by atoms with Crippen LogP contribution >= 0.6 is 0 Å². The first kappa shape index (κ1) is 10.1. The van der Waals surface area contributed by atoms with E-state index in [0.29, 0.717) is 0 Å². The fourth-order valence-electron chi connectivity index (χ4n) is 1.26. The lowest BCUT2D eigenvalue weighted by Crippen LogP contribution is -2.00. The number of nitrogens with one attached hydrogen (secondary N) is 1. The Bertz CT molecular complexity index is 206. The number of anilines is 1. The van der Waals surface area contributed by atoms with Gasteiger partial charge < -0.3 is 5.32 Å². The van der Waals surface area contributed by atoms with E-state index in [0.717, 1.165) is 6.54 Å². The van der Waals surface area contributed by atoms with Crippen LogP contribution in [0.4, 0.5) is 5.69 Å². The second-order valence-corrected chi connectivity index (χ2v) is 3.20. The second-order valence-electron chi connectivity index (χ2n) is 3.20. The van der Waals surface area contributed by atoms with Gasteiger partial charge in [-0.2, -0.15) is 0 Å². The van der Waals surface area contributed by atoms with E-state index < -0.39 is 0 Å². The molecule has 0 unspecified atom stereocenters. The smallest absolute Gasteiger partial charge is 0.0340 e. The van der Waals surface area contributed by atoms with Gasteiger partial charge in [0.05, 0.1) is 0 Å². The van der Waals surface area contributed by atoms with E-state index in [1.54, 1.807) is 0 Å². The summed E-state index contributed by atoms with van der Waals surface area (Å²) in [7, 11) is 0. The topological polar surface area (TPSA) is 12.0 Å². The zero-order valence-electron chi connectivity index (χ0n) is 8.29. The average molecular weight is 176 g/mol. The van der Waals surface area contributed by atoms with Crippen molar-refractivity contribution in [1.82, 2.24) is 0 Å². The van der Waals surface area contributed by atoms with Crippen LogP contribution in [0.5, 0.6) is 0 Å². The van der Waals surface area contributed by atoms with E-state index >= 15 is 0 Å². The van der Waals surface area contributed by atoms with Crippen LogP contribution in [-0.2, 0) is 0 Å². The summed E-state index contributed by atoms with van der Waals surface area (Å²) in [5, 5.41) is 3.39. The highest BCUT2D eigenvalue weighted by atomic mass is 14.9. The van der Waals surface area contributed by atoms with Gasteiger partial charge in [0.15, 0.2) is 0 Å². The van der Waals surface area contributed by atoms with Crippen LogP contribution < -0.4 is 5.32 Å². The van der Waals surface area contributed by atoms with E-state index in [2.05, 4.69) is 42.9 Å². The summed E-state index contributed by atoms with van der Waals surface area (Å²) in [6, 6.07) is 10.4. The van der Waals surface area contributed by atoms with E-state index in [1.165, 1.54) is 24.9 Å². The Morgan fingerprint density at radius 1 is 1.15 bits per heavy atom. The molecule has 13 heavy (non-hydrogen) atoms. The number of para-hydroxylation sites is 1. The maximum absolute atomic E-state index is 3.39. The number of hydrogen-bond donors (Lipinski definition) is 1. The van der Waals surface area contributed by atoms with Gasteiger partial charge in [0.2, 0.25) is 0 Å². The van der Waals surface area contributed by atoms with Crippen molar-refractivity contribution in [3.8, 4) is 0 Å². The molecule has 0 amide bonds. The number of benzene rings is 1. The van der Waals surface area contributed by atoms with Crippen molar-refractivity contribution >= 4 is 5.69 Å². The molecule has 1 heteroatoms. The quantitative estimate of drug-likeness (QED) is 0.654. The van der Waals surface area contributed by atoms with E-state index in [1.807, 2.05) is 6.07 Å². The minimum Gasteiger partial charge on any atom is -0.385 e. The summed E-state index contributed by atoms with van der Waals surface area (Å²) in [5.74, 6) is 0. The van der Waals surface area contributed by atoms with Gasteiger partial charge in [-0.3, -0.25) is 0 Å². The molecule has 1 aromatic rings. The molecule has 0 saturated heterocycles. The number of rotatable bonds is 6. The third kappa shape index (κ3) is 4.56. The molecule has 0 atom stereocenters. The highest BCUT2D eigenvalue weighted by Crippen LogP contribution is 2.05. The van der Waals surface area contributed by atoms with Crippen LogP contribution in [0, 0.1) is 6.42 Å². The molecule has 0 aromatic heterocycles. The zero-order chi connectivity index (χ0) is 9.36. The molecular weight excluding hydrogens is 158 g/mol. The molecule has 1 nitrogen and oxygen atoms in total. The first-order valence-corrected chi connectivity index (χ1v) is 5.00. The molecule has 0 aliphatic heterocycles. The molecule has 0 bridgehead atoms. The molecule has 71 valence electrons. The largest absolute Gasteiger partial charge is 0.385 e. The Morgan fingerprint density at radius 2 is 1.92 bits per heavy atom. The minimum absolute atomic E-state index is 1.08. The zero-order valence-corrected chi connectivity index (χ0v) is 8.29. The number of unbranched alkanes of at least 4 members (excludes halogenated alkanes) is 3. The van der Waals surface area contributed by atoms with Crippen LogP contribution in [0.3, 0.4) is 0 Å². The predicted octanol–water partition coefficient (Wildman–Crippen LogP) is 3.49. The van der Waals surface area contributed by atoms with Gasteiger partial charge in [-0.1, -0.05) is 38.0 Å². The molecule has 0 fully saturated rings. The van der Waals surface area contributed by atoms with Gasteiger partial charge in [-0.05, 0) is 25.0 Å². The lowest BCUT2D eigenvalue weighted by Gasteiger charge is -2.04. The molecule has 1 radical (unpaired) electrons.